The van der Waals surface area contributed by atoms with E-state index in [4.69, 9.17) is 27.9 Å². The molecule has 0 aliphatic heterocycles. The van der Waals surface area contributed by atoms with Crippen LogP contribution >= 0.6 is 23.2 Å². The highest BCUT2D eigenvalue weighted by Crippen LogP contribution is 2.58. The molecule has 1 atom stereocenters. The molecule has 0 heterocycles. The van der Waals surface area contributed by atoms with Crippen LogP contribution in [0.25, 0.3) is 0 Å². The molecule has 2 aromatic carbocycles. The molecule has 3 aliphatic rings. The van der Waals surface area contributed by atoms with E-state index in [0.717, 1.165) is 6.07 Å². The van der Waals surface area contributed by atoms with Crippen molar-refractivity contribution >= 4 is 35.0 Å². The van der Waals surface area contributed by atoms with E-state index >= 15 is 0 Å². The minimum absolute atomic E-state index is 0.0210. The second-order valence-corrected chi connectivity index (χ2v) is 8.94. The SMILES string of the molecule is O=C(COc1ccc(Cl)c(F)c1)NC1CC2(C(=O)NCc3ccc(Cl)c(F)c3)CC1C2. The second kappa shape index (κ2) is 8.63. The van der Waals surface area contributed by atoms with Gasteiger partial charge in [0.15, 0.2) is 6.61 Å². The lowest BCUT2D eigenvalue weighted by Gasteiger charge is -2.36. The van der Waals surface area contributed by atoms with Gasteiger partial charge in [0.25, 0.3) is 5.91 Å². The van der Waals surface area contributed by atoms with Crippen LogP contribution in [0.4, 0.5) is 8.78 Å². The van der Waals surface area contributed by atoms with E-state index in [2.05, 4.69) is 10.6 Å². The summed E-state index contributed by atoms with van der Waals surface area (Å²) in [7, 11) is 0. The van der Waals surface area contributed by atoms with Crippen LogP contribution in [0.15, 0.2) is 36.4 Å². The Balaban J connectivity index is 1.25. The summed E-state index contributed by atoms with van der Waals surface area (Å²) in [6, 6.07) is 8.27. The summed E-state index contributed by atoms with van der Waals surface area (Å²) < 4.78 is 32.3. The molecule has 9 heteroatoms. The molecule has 2 bridgehead atoms. The van der Waals surface area contributed by atoms with Crippen molar-refractivity contribution in [3.05, 3.63) is 63.6 Å². The van der Waals surface area contributed by atoms with Crippen LogP contribution in [0.5, 0.6) is 5.75 Å². The number of halogens is 4. The first-order chi connectivity index (χ1) is 14.8. The maximum atomic E-state index is 13.5. The van der Waals surface area contributed by atoms with Gasteiger partial charge in [-0.1, -0.05) is 29.3 Å². The van der Waals surface area contributed by atoms with Crippen LogP contribution < -0.4 is 15.4 Å². The highest BCUT2D eigenvalue weighted by atomic mass is 35.5. The number of carbonyl (C=O) groups is 2. The molecule has 164 valence electrons. The van der Waals surface area contributed by atoms with Crippen molar-refractivity contribution in [2.24, 2.45) is 11.3 Å². The van der Waals surface area contributed by atoms with Crippen molar-refractivity contribution < 1.29 is 23.1 Å². The number of benzene rings is 2. The normalized spacial score (nSPS) is 23.7. The molecule has 2 amide bonds. The fourth-order valence-electron chi connectivity index (χ4n) is 4.41. The van der Waals surface area contributed by atoms with E-state index < -0.39 is 17.0 Å². The first-order valence-corrected chi connectivity index (χ1v) is 10.6. The largest absolute Gasteiger partial charge is 0.484 e. The Morgan fingerprint density at radius 1 is 1.03 bits per heavy atom. The predicted octanol–water partition coefficient (Wildman–Crippen LogP) is 4.25. The van der Waals surface area contributed by atoms with Crippen molar-refractivity contribution in [2.75, 3.05) is 6.61 Å². The van der Waals surface area contributed by atoms with Crippen LogP contribution in [0.2, 0.25) is 10.0 Å². The summed E-state index contributed by atoms with van der Waals surface area (Å²) >= 11 is 11.3. The van der Waals surface area contributed by atoms with Gasteiger partial charge in [0.05, 0.1) is 15.5 Å². The Kier molecular flexibility index (Phi) is 6.08. The third-order valence-electron chi connectivity index (χ3n) is 6.01. The van der Waals surface area contributed by atoms with Crippen molar-refractivity contribution in [1.29, 1.82) is 0 Å². The van der Waals surface area contributed by atoms with Gasteiger partial charge in [-0.05, 0) is 55.0 Å². The fraction of sp³-hybridized carbons (Fsp3) is 0.364. The molecule has 3 fully saturated rings. The standard InChI is InChI=1S/C22H20Cl2F2N2O3/c23-15-3-1-12(5-17(15)25)10-27-21(30)22-7-13(8-22)19(9-22)28-20(29)11-31-14-2-4-16(24)18(26)6-14/h1-6,13,19H,7-11H2,(H,27,30)(H,28,29). The number of rotatable bonds is 7. The van der Waals surface area contributed by atoms with Crippen molar-refractivity contribution in [3.63, 3.8) is 0 Å². The Morgan fingerprint density at radius 3 is 2.39 bits per heavy atom. The van der Waals surface area contributed by atoms with Gasteiger partial charge in [-0.25, -0.2) is 8.78 Å². The smallest absolute Gasteiger partial charge is 0.258 e. The van der Waals surface area contributed by atoms with E-state index in [0.29, 0.717) is 24.8 Å². The van der Waals surface area contributed by atoms with Crippen molar-refractivity contribution in [3.8, 4) is 5.75 Å². The van der Waals surface area contributed by atoms with Gasteiger partial charge >= 0.3 is 0 Å². The van der Waals surface area contributed by atoms with E-state index in [1.165, 1.54) is 24.3 Å². The molecule has 2 N–H and O–H groups in total. The minimum atomic E-state index is -0.620. The second-order valence-electron chi connectivity index (χ2n) is 8.12. The number of ether oxygens (including phenoxy) is 1. The van der Waals surface area contributed by atoms with Gasteiger partial charge < -0.3 is 15.4 Å². The summed E-state index contributed by atoms with van der Waals surface area (Å²) in [5.74, 6) is -1.13. The molecule has 0 aromatic heterocycles. The minimum Gasteiger partial charge on any atom is -0.484 e. The highest BCUT2D eigenvalue weighted by Gasteiger charge is 2.60. The van der Waals surface area contributed by atoms with E-state index in [1.54, 1.807) is 6.07 Å². The van der Waals surface area contributed by atoms with E-state index in [9.17, 15) is 18.4 Å². The molecular weight excluding hydrogens is 449 g/mol. The summed E-state index contributed by atoms with van der Waals surface area (Å²) in [5.41, 5.74) is 0.120. The van der Waals surface area contributed by atoms with Gasteiger partial charge in [0.2, 0.25) is 5.91 Å². The summed E-state index contributed by atoms with van der Waals surface area (Å²) in [6.45, 7) is -0.0481. The van der Waals surface area contributed by atoms with E-state index in [-0.39, 0.29) is 52.7 Å². The highest BCUT2D eigenvalue weighted by molar-refractivity contribution is 6.31. The maximum absolute atomic E-state index is 13.5. The number of amides is 2. The first-order valence-electron chi connectivity index (χ1n) is 9.85. The zero-order chi connectivity index (χ0) is 22.2. The lowest BCUT2D eigenvalue weighted by Crippen LogP contribution is -2.44. The third-order valence-corrected chi connectivity index (χ3v) is 6.62. The first kappa shape index (κ1) is 21.8. The van der Waals surface area contributed by atoms with E-state index in [1.807, 2.05) is 0 Å². The summed E-state index contributed by atoms with van der Waals surface area (Å²) in [5, 5.41) is 5.79. The lowest BCUT2D eigenvalue weighted by atomic mass is 9.69. The lowest BCUT2D eigenvalue weighted by molar-refractivity contribution is -0.135. The molecule has 5 nitrogen and oxygen atoms in total. The van der Waals surface area contributed by atoms with Crippen LogP contribution in [0.1, 0.15) is 24.8 Å². The fourth-order valence-corrected chi connectivity index (χ4v) is 4.65. The molecular formula is C22H20Cl2F2N2O3. The number of hydrogen-bond acceptors (Lipinski definition) is 3. The topological polar surface area (TPSA) is 67.4 Å². The molecule has 0 saturated heterocycles. The molecule has 1 unspecified atom stereocenters. The predicted molar refractivity (Wildman–Crippen MR) is 112 cm³/mol. The zero-order valence-electron chi connectivity index (χ0n) is 16.4. The van der Waals surface area contributed by atoms with Crippen molar-refractivity contribution in [2.45, 2.75) is 31.8 Å². The van der Waals surface area contributed by atoms with Gasteiger partial charge in [-0.2, -0.15) is 0 Å². The molecule has 5 rings (SSSR count). The maximum Gasteiger partial charge on any atom is 0.258 e. The third kappa shape index (κ3) is 4.62. The van der Waals surface area contributed by atoms with Gasteiger partial charge in [-0.3, -0.25) is 9.59 Å². The summed E-state index contributed by atoms with van der Waals surface area (Å²) in [4.78, 5) is 24.9. The van der Waals surface area contributed by atoms with Crippen molar-refractivity contribution in [1.82, 2.24) is 10.6 Å². The van der Waals surface area contributed by atoms with Gasteiger partial charge in [0, 0.05) is 18.7 Å². The molecule has 0 spiro atoms. The van der Waals surface area contributed by atoms with Crippen LogP contribution in [0.3, 0.4) is 0 Å². The molecule has 0 radical (unpaired) electrons. The van der Waals surface area contributed by atoms with Gasteiger partial charge in [0.1, 0.15) is 17.4 Å². The Hall–Kier alpha value is -2.38. The van der Waals surface area contributed by atoms with Gasteiger partial charge in [-0.15, -0.1) is 0 Å². The zero-order valence-corrected chi connectivity index (χ0v) is 17.9. The Bertz CT molecular complexity index is 1030. The quantitative estimate of drug-likeness (QED) is 0.637. The monoisotopic (exact) mass is 468 g/mol. The molecule has 3 aliphatic carbocycles. The average Bonchev–Trinajstić information content (AvgIpc) is 3.24. The molecule has 31 heavy (non-hydrogen) atoms. The molecule has 2 aromatic rings. The van der Waals surface area contributed by atoms with Crippen LogP contribution in [-0.4, -0.2) is 24.5 Å². The molecule has 3 saturated carbocycles. The average molecular weight is 469 g/mol. The number of nitrogens with one attached hydrogen (secondary N) is 2. The number of carbonyl (C=O) groups excluding carboxylic acids is 2. The Labute approximate surface area is 188 Å². The van der Waals surface area contributed by atoms with Crippen LogP contribution in [-0.2, 0) is 16.1 Å². The van der Waals surface area contributed by atoms with Crippen LogP contribution in [0, 0.1) is 23.0 Å². The summed E-state index contributed by atoms with van der Waals surface area (Å²) in [6.07, 6.45) is 1.93. The number of fused-ring (bicyclic) bond motifs is 1. The Morgan fingerprint density at radius 2 is 1.71 bits per heavy atom. The number of hydrogen-bond donors (Lipinski definition) is 2.